The van der Waals surface area contributed by atoms with E-state index in [1.54, 1.807) is 6.08 Å². The van der Waals surface area contributed by atoms with Crippen molar-refractivity contribution in [3.63, 3.8) is 0 Å². The fraction of sp³-hybridized carbons (Fsp3) is 0.250. The largest absolute Gasteiger partial charge is 0.0991 e. The van der Waals surface area contributed by atoms with E-state index in [4.69, 9.17) is 0 Å². The molecule has 0 aliphatic carbocycles. The Hall–Kier alpha value is -1.56. The van der Waals surface area contributed by atoms with E-state index in [0.29, 0.717) is 0 Å². The molecule has 0 heteroatoms. The summed E-state index contributed by atoms with van der Waals surface area (Å²) in [5, 5.41) is 0. The van der Waals surface area contributed by atoms with Crippen molar-refractivity contribution < 1.29 is 0 Å². The second-order valence-corrected chi connectivity index (χ2v) is 4.61. The second-order valence-electron chi connectivity index (χ2n) is 4.61. The normalized spacial score (nSPS) is 11.7. The van der Waals surface area contributed by atoms with Gasteiger partial charge in [0.1, 0.15) is 0 Å². The summed E-state index contributed by atoms with van der Waals surface area (Å²) in [6.45, 7) is 14.3. The third-order valence-electron chi connectivity index (χ3n) is 3.01. The Morgan fingerprint density at radius 3 is 2.25 bits per heavy atom. The molecule has 0 amide bonds. The van der Waals surface area contributed by atoms with Crippen LogP contribution in [0.15, 0.2) is 61.2 Å². The molecule has 0 nitrogen and oxygen atoms in total. The second kappa shape index (κ2) is 4.98. The van der Waals surface area contributed by atoms with Crippen molar-refractivity contribution in [3.8, 4) is 0 Å². The van der Waals surface area contributed by atoms with Gasteiger partial charge >= 0.3 is 0 Å². The maximum Gasteiger partial charge on any atom is 0.0140 e. The van der Waals surface area contributed by atoms with Crippen LogP contribution in [0.25, 0.3) is 0 Å². The summed E-state index contributed by atoms with van der Waals surface area (Å²) in [5.74, 6) is 0. The van der Waals surface area contributed by atoms with Gasteiger partial charge in [-0.15, -0.1) is 0 Å². The van der Waals surface area contributed by atoms with E-state index in [-0.39, 0.29) is 5.41 Å². The summed E-state index contributed by atoms with van der Waals surface area (Å²) in [5.41, 5.74) is 3.63. The van der Waals surface area contributed by atoms with Gasteiger partial charge in [0.15, 0.2) is 0 Å². The van der Waals surface area contributed by atoms with Gasteiger partial charge in [0.05, 0.1) is 0 Å². The summed E-state index contributed by atoms with van der Waals surface area (Å²) >= 11 is 0. The zero-order valence-corrected chi connectivity index (χ0v) is 10.5. The molecule has 0 unspecified atom stereocenters. The smallest absolute Gasteiger partial charge is 0.0140 e. The molecule has 1 rings (SSSR count). The number of aryl methyl sites for hydroxylation is 1. The van der Waals surface area contributed by atoms with E-state index < -0.39 is 0 Å². The highest BCUT2D eigenvalue weighted by Crippen LogP contribution is 2.31. The molecule has 0 aromatic heterocycles. The Labute approximate surface area is 99.0 Å². The van der Waals surface area contributed by atoms with Gasteiger partial charge in [0.2, 0.25) is 0 Å². The first kappa shape index (κ1) is 12.5. The lowest BCUT2D eigenvalue weighted by atomic mass is 9.78. The Balaban J connectivity index is 3.00. The molecule has 1 aromatic carbocycles. The van der Waals surface area contributed by atoms with E-state index in [1.807, 2.05) is 12.2 Å². The minimum absolute atomic E-state index is 0.0345. The molecule has 0 saturated carbocycles. The SMILES string of the molecule is C=C/C=C\C(=C)C(C)(C)c1ccc(C)cc1. The summed E-state index contributed by atoms with van der Waals surface area (Å²) < 4.78 is 0. The van der Waals surface area contributed by atoms with Crippen molar-refractivity contribution in [3.05, 3.63) is 72.4 Å². The molecule has 0 N–H and O–H groups in total. The van der Waals surface area contributed by atoms with Gasteiger partial charge < -0.3 is 0 Å². The molecule has 0 spiro atoms. The van der Waals surface area contributed by atoms with Crippen LogP contribution in [0.5, 0.6) is 0 Å². The summed E-state index contributed by atoms with van der Waals surface area (Å²) in [4.78, 5) is 0. The Kier molecular flexibility index (Phi) is 3.89. The highest BCUT2D eigenvalue weighted by atomic mass is 14.3. The highest BCUT2D eigenvalue weighted by Gasteiger charge is 2.22. The van der Waals surface area contributed by atoms with E-state index in [9.17, 15) is 0 Å². The van der Waals surface area contributed by atoms with Crippen LogP contribution in [0.2, 0.25) is 0 Å². The molecule has 0 heterocycles. The zero-order chi connectivity index (χ0) is 12.2. The van der Waals surface area contributed by atoms with E-state index in [0.717, 1.165) is 5.57 Å². The van der Waals surface area contributed by atoms with Crippen LogP contribution in [-0.2, 0) is 5.41 Å². The first-order valence-corrected chi connectivity index (χ1v) is 5.54. The Bertz CT molecular complexity index is 402. The van der Waals surface area contributed by atoms with Crippen LogP contribution >= 0.6 is 0 Å². The van der Waals surface area contributed by atoms with E-state index >= 15 is 0 Å². The number of benzene rings is 1. The number of rotatable bonds is 4. The van der Waals surface area contributed by atoms with Crippen molar-refractivity contribution in [2.45, 2.75) is 26.2 Å². The minimum atomic E-state index is -0.0345. The lowest BCUT2D eigenvalue weighted by molar-refractivity contribution is 0.641. The molecule has 0 saturated heterocycles. The molecule has 0 aliphatic heterocycles. The van der Waals surface area contributed by atoms with Crippen molar-refractivity contribution in [2.24, 2.45) is 0 Å². The number of allylic oxidation sites excluding steroid dienone is 4. The third kappa shape index (κ3) is 2.73. The Morgan fingerprint density at radius 2 is 1.75 bits per heavy atom. The van der Waals surface area contributed by atoms with Crippen molar-refractivity contribution in [1.82, 2.24) is 0 Å². The quantitative estimate of drug-likeness (QED) is 0.641. The number of hydrogen-bond acceptors (Lipinski definition) is 0. The first-order chi connectivity index (χ1) is 7.48. The van der Waals surface area contributed by atoms with Crippen LogP contribution in [0, 0.1) is 6.92 Å². The molecular weight excluding hydrogens is 192 g/mol. The highest BCUT2D eigenvalue weighted by molar-refractivity contribution is 5.39. The van der Waals surface area contributed by atoms with Crippen LogP contribution < -0.4 is 0 Å². The Morgan fingerprint density at radius 1 is 1.19 bits per heavy atom. The van der Waals surface area contributed by atoms with E-state index in [2.05, 4.69) is 58.2 Å². The average molecular weight is 212 g/mol. The standard InChI is InChI=1S/C16H20/c1-6-7-8-14(3)16(4,5)15-11-9-13(2)10-12-15/h6-12H,1,3H2,2,4-5H3/b8-7-. The van der Waals surface area contributed by atoms with Crippen molar-refractivity contribution >= 4 is 0 Å². The molecule has 0 atom stereocenters. The molecule has 0 radical (unpaired) electrons. The maximum absolute atomic E-state index is 4.13. The lowest BCUT2D eigenvalue weighted by Crippen LogP contribution is -2.18. The van der Waals surface area contributed by atoms with Gasteiger partial charge in [0.25, 0.3) is 0 Å². The topological polar surface area (TPSA) is 0 Å². The molecule has 84 valence electrons. The van der Waals surface area contributed by atoms with Gasteiger partial charge in [-0.25, -0.2) is 0 Å². The fourth-order valence-electron chi connectivity index (χ4n) is 1.55. The average Bonchev–Trinajstić information content (AvgIpc) is 2.26. The van der Waals surface area contributed by atoms with Crippen LogP contribution in [0.1, 0.15) is 25.0 Å². The third-order valence-corrected chi connectivity index (χ3v) is 3.01. The number of hydrogen-bond donors (Lipinski definition) is 0. The van der Waals surface area contributed by atoms with Gasteiger partial charge in [0, 0.05) is 5.41 Å². The van der Waals surface area contributed by atoms with Crippen molar-refractivity contribution in [1.29, 1.82) is 0 Å². The van der Waals surface area contributed by atoms with Gasteiger partial charge in [-0.3, -0.25) is 0 Å². The molecule has 0 bridgehead atoms. The van der Waals surface area contributed by atoms with Gasteiger partial charge in [-0.1, -0.05) is 75.1 Å². The minimum Gasteiger partial charge on any atom is -0.0991 e. The van der Waals surface area contributed by atoms with Crippen LogP contribution in [-0.4, -0.2) is 0 Å². The fourth-order valence-corrected chi connectivity index (χ4v) is 1.55. The molecule has 16 heavy (non-hydrogen) atoms. The van der Waals surface area contributed by atoms with Crippen LogP contribution in [0.3, 0.4) is 0 Å². The summed E-state index contributed by atoms with van der Waals surface area (Å²) in [6.07, 6.45) is 5.72. The monoisotopic (exact) mass is 212 g/mol. The van der Waals surface area contributed by atoms with Gasteiger partial charge in [-0.05, 0) is 18.1 Å². The molecule has 0 aliphatic rings. The molecule has 0 fully saturated rings. The van der Waals surface area contributed by atoms with Gasteiger partial charge in [-0.2, -0.15) is 0 Å². The maximum atomic E-state index is 4.13. The predicted octanol–water partition coefficient (Wildman–Crippen LogP) is 4.57. The summed E-state index contributed by atoms with van der Waals surface area (Å²) in [6, 6.07) is 8.62. The van der Waals surface area contributed by atoms with Crippen molar-refractivity contribution in [2.75, 3.05) is 0 Å². The summed E-state index contributed by atoms with van der Waals surface area (Å²) in [7, 11) is 0. The lowest BCUT2D eigenvalue weighted by Gasteiger charge is -2.26. The first-order valence-electron chi connectivity index (χ1n) is 5.54. The zero-order valence-electron chi connectivity index (χ0n) is 10.5. The predicted molar refractivity (Wildman–Crippen MR) is 72.7 cm³/mol. The molecular formula is C16H20. The molecule has 1 aromatic rings. The van der Waals surface area contributed by atoms with E-state index in [1.165, 1.54) is 11.1 Å². The van der Waals surface area contributed by atoms with Crippen LogP contribution in [0.4, 0.5) is 0 Å².